The lowest BCUT2D eigenvalue weighted by atomic mass is 9.93. The molecule has 1 aromatic rings. The Hall–Kier alpha value is -1.50. The van der Waals surface area contributed by atoms with Gasteiger partial charge in [0.15, 0.2) is 11.7 Å². The standard InChI is InChI=1S/C21H34F3N5O2.HI/c1-3-25-20(27-10-4-9-26-19(30)18-16(2)8-14-31-18)28-11-5-17-6-12-29(13-7-17)15-21(22,23)24;/h8,14,17H,3-7,9-13,15H2,1-2H3,(H,26,30)(H2,25,27,28);1H. The minimum absolute atomic E-state index is 0. The van der Waals surface area contributed by atoms with Crippen molar-refractivity contribution in [1.29, 1.82) is 0 Å². The Bertz CT molecular complexity index is 704. The number of guanidine groups is 1. The number of hydrogen-bond acceptors (Lipinski definition) is 4. The number of aryl methyl sites for hydroxylation is 1. The van der Waals surface area contributed by atoms with Crippen molar-refractivity contribution in [3.8, 4) is 0 Å². The Morgan fingerprint density at radius 3 is 2.53 bits per heavy atom. The summed E-state index contributed by atoms with van der Waals surface area (Å²) in [5.41, 5.74) is 0.806. The van der Waals surface area contributed by atoms with Crippen LogP contribution in [-0.2, 0) is 0 Å². The lowest BCUT2D eigenvalue weighted by Gasteiger charge is -2.32. The number of furan rings is 1. The second-order valence-corrected chi connectivity index (χ2v) is 7.85. The van der Waals surface area contributed by atoms with Crippen LogP contribution < -0.4 is 16.0 Å². The molecule has 0 unspecified atom stereocenters. The maximum Gasteiger partial charge on any atom is 0.401 e. The average Bonchev–Trinajstić information content (AvgIpc) is 3.13. The number of nitrogens with one attached hydrogen (secondary N) is 3. The fraction of sp³-hybridized carbons (Fsp3) is 0.714. The van der Waals surface area contributed by atoms with Gasteiger partial charge in [-0.2, -0.15) is 13.2 Å². The molecule has 0 bridgehead atoms. The zero-order valence-electron chi connectivity index (χ0n) is 18.8. The fourth-order valence-electron chi connectivity index (χ4n) is 3.58. The Balaban J connectivity index is 0.00000512. The lowest BCUT2D eigenvalue weighted by Crippen LogP contribution is -2.41. The molecule has 184 valence electrons. The summed E-state index contributed by atoms with van der Waals surface area (Å²) in [4.78, 5) is 18.0. The van der Waals surface area contributed by atoms with Gasteiger partial charge in [0, 0.05) is 31.7 Å². The highest BCUT2D eigenvalue weighted by Crippen LogP contribution is 2.23. The van der Waals surface area contributed by atoms with Gasteiger partial charge in [0.2, 0.25) is 0 Å². The van der Waals surface area contributed by atoms with Crippen molar-refractivity contribution >= 4 is 35.8 Å². The number of rotatable bonds is 10. The Kier molecular flexibility index (Phi) is 13.0. The quantitative estimate of drug-likeness (QED) is 0.173. The van der Waals surface area contributed by atoms with Crippen LogP contribution in [0.25, 0.3) is 0 Å². The summed E-state index contributed by atoms with van der Waals surface area (Å²) in [5, 5.41) is 9.29. The molecule has 2 heterocycles. The van der Waals surface area contributed by atoms with E-state index >= 15 is 0 Å². The van der Waals surface area contributed by atoms with Crippen molar-refractivity contribution in [1.82, 2.24) is 20.9 Å². The summed E-state index contributed by atoms with van der Waals surface area (Å²) >= 11 is 0. The normalized spacial score (nSPS) is 15.8. The van der Waals surface area contributed by atoms with Crippen molar-refractivity contribution in [2.24, 2.45) is 10.9 Å². The number of amides is 1. The lowest BCUT2D eigenvalue weighted by molar-refractivity contribution is -0.148. The fourth-order valence-corrected chi connectivity index (χ4v) is 3.58. The first-order valence-corrected chi connectivity index (χ1v) is 10.9. The van der Waals surface area contributed by atoms with Crippen molar-refractivity contribution in [2.75, 3.05) is 45.8 Å². The van der Waals surface area contributed by atoms with Crippen LogP contribution in [-0.4, -0.2) is 68.8 Å². The third kappa shape index (κ3) is 10.9. The van der Waals surface area contributed by atoms with E-state index in [4.69, 9.17) is 4.42 Å². The predicted molar refractivity (Wildman–Crippen MR) is 130 cm³/mol. The maximum atomic E-state index is 12.5. The molecule has 0 saturated carbocycles. The van der Waals surface area contributed by atoms with E-state index in [2.05, 4.69) is 20.9 Å². The SMILES string of the molecule is CCNC(=NCCCNC(=O)c1occc1C)NCCC1CCN(CC(F)(F)F)CC1.I. The molecule has 3 N–H and O–H groups in total. The van der Waals surface area contributed by atoms with E-state index < -0.39 is 12.7 Å². The highest BCUT2D eigenvalue weighted by atomic mass is 127. The number of piperidine rings is 1. The second kappa shape index (κ2) is 14.6. The van der Waals surface area contributed by atoms with Gasteiger partial charge in [-0.1, -0.05) is 0 Å². The summed E-state index contributed by atoms with van der Waals surface area (Å²) in [5.74, 6) is 1.26. The smallest absolute Gasteiger partial charge is 0.401 e. The molecule has 1 amide bonds. The van der Waals surface area contributed by atoms with Crippen LogP contribution in [0, 0.1) is 12.8 Å². The van der Waals surface area contributed by atoms with Crippen LogP contribution in [0.1, 0.15) is 48.7 Å². The Morgan fingerprint density at radius 2 is 1.94 bits per heavy atom. The van der Waals surface area contributed by atoms with Crippen LogP contribution in [0.15, 0.2) is 21.7 Å². The number of carbonyl (C=O) groups is 1. The first-order valence-electron chi connectivity index (χ1n) is 10.9. The molecule has 1 aliphatic heterocycles. The van der Waals surface area contributed by atoms with Gasteiger partial charge in [-0.3, -0.25) is 14.7 Å². The number of nitrogens with zero attached hydrogens (tertiary/aromatic N) is 2. The molecule has 1 fully saturated rings. The van der Waals surface area contributed by atoms with Crippen molar-refractivity contribution in [3.05, 3.63) is 23.7 Å². The number of carbonyl (C=O) groups excluding carboxylic acids is 1. The number of likely N-dealkylation sites (tertiary alicyclic amines) is 1. The van der Waals surface area contributed by atoms with Gasteiger partial charge in [0.05, 0.1) is 12.8 Å². The van der Waals surface area contributed by atoms with Gasteiger partial charge in [-0.05, 0) is 64.6 Å². The Labute approximate surface area is 205 Å². The molecule has 0 atom stereocenters. The van der Waals surface area contributed by atoms with Crippen LogP contribution >= 0.6 is 24.0 Å². The minimum Gasteiger partial charge on any atom is -0.459 e. The minimum atomic E-state index is -4.12. The number of hydrogen-bond donors (Lipinski definition) is 3. The van der Waals surface area contributed by atoms with E-state index in [0.717, 1.165) is 37.9 Å². The van der Waals surface area contributed by atoms with Crippen molar-refractivity contribution in [2.45, 2.75) is 45.7 Å². The van der Waals surface area contributed by atoms with Gasteiger partial charge in [0.1, 0.15) is 0 Å². The van der Waals surface area contributed by atoms with E-state index in [-0.39, 0.29) is 29.9 Å². The summed E-state index contributed by atoms with van der Waals surface area (Å²) in [7, 11) is 0. The van der Waals surface area contributed by atoms with E-state index in [1.54, 1.807) is 6.07 Å². The van der Waals surface area contributed by atoms with Crippen LogP contribution in [0.4, 0.5) is 13.2 Å². The molecule has 1 saturated heterocycles. The molecular weight excluding hydrogens is 538 g/mol. The van der Waals surface area contributed by atoms with Gasteiger partial charge >= 0.3 is 6.18 Å². The van der Waals surface area contributed by atoms with Gasteiger partial charge < -0.3 is 20.4 Å². The van der Waals surface area contributed by atoms with Crippen LogP contribution in [0.3, 0.4) is 0 Å². The monoisotopic (exact) mass is 573 g/mol. The molecule has 0 aliphatic carbocycles. The molecule has 2 rings (SSSR count). The highest BCUT2D eigenvalue weighted by Gasteiger charge is 2.32. The zero-order chi connectivity index (χ0) is 22.7. The summed E-state index contributed by atoms with van der Waals surface area (Å²) in [6.07, 6.45) is 0.560. The van der Waals surface area contributed by atoms with E-state index in [1.807, 2.05) is 13.8 Å². The number of aliphatic imine (C=N–C) groups is 1. The van der Waals surface area contributed by atoms with Gasteiger partial charge in [0.25, 0.3) is 5.91 Å². The van der Waals surface area contributed by atoms with Crippen LogP contribution in [0.2, 0.25) is 0 Å². The number of halogens is 4. The first kappa shape index (κ1) is 28.5. The second-order valence-electron chi connectivity index (χ2n) is 7.85. The van der Waals surface area contributed by atoms with E-state index in [1.165, 1.54) is 11.2 Å². The molecule has 32 heavy (non-hydrogen) atoms. The molecule has 0 aromatic carbocycles. The Morgan fingerprint density at radius 1 is 1.22 bits per heavy atom. The molecule has 11 heteroatoms. The highest BCUT2D eigenvalue weighted by molar-refractivity contribution is 14.0. The molecule has 1 aromatic heterocycles. The van der Waals surface area contributed by atoms with Crippen molar-refractivity contribution in [3.63, 3.8) is 0 Å². The summed E-state index contributed by atoms with van der Waals surface area (Å²) < 4.78 is 42.6. The third-order valence-electron chi connectivity index (χ3n) is 5.26. The maximum absolute atomic E-state index is 12.5. The largest absolute Gasteiger partial charge is 0.459 e. The number of alkyl halides is 3. The van der Waals surface area contributed by atoms with E-state index in [0.29, 0.717) is 50.2 Å². The molecule has 0 spiro atoms. The average molecular weight is 573 g/mol. The third-order valence-corrected chi connectivity index (χ3v) is 5.26. The van der Waals surface area contributed by atoms with E-state index in [9.17, 15) is 18.0 Å². The molecular formula is C21H35F3IN5O2. The van der Waals surface area contributed by atoms with Gasteiger partial charge in [-0.25, -0.2) is 0 Å². The first-order chi connectivity index (χ1) is 14.8. The molecule has 1 aliphatic rings. The van der Waals surface area contributed by atoms with Crippen molar-refractivity contribution < 1.29 is 22.4 Å². The molecule has 7 nitrogen and oxygen atoms in total. The topological polar surface area (TPSA) is 81.9 Å². The molecule has 0 radical (unpaired) electrons. The zero-order valence-corrected chi connectivity index (χ0v) is 21.1. The predicted octanol–water partition coefficient (Wildman–Crippen LogP) is 3.55. The van der Waals surface area contributed by atoms with Gasteiger partial charge in [-0.15, -0.1) is 24.0 Å². The summed E-state index contributed by atoms with van der Waals surface area (Å²) in [6.45, 7) is 6.52. The summed E-state index contributed by atoms with van der Waals surface area (Å²) in [6, 6.07) is 1.75. The van der Waals surface area contributed by atoms with Crippen LogP contribution in [0.5, 0.6) is 0 Å².